The van der Waals surface area contributed by atoms with Crippen LogP contribution in [0.4, 0.5) is 0 Å². The lowest BCUT2D eigenvalue weighted by atomic mass is 10.2. The fraction of sp³-hybridized carbons (Fsp3) is 0.364. The van der Waals surface area contributed by atoms with Crippen LogP contribution >= 0.6 is 0 Å². The van der Waals surface area contributed by atoms with Gasteiger partial charge in [-0.15, -0.1) is 5.10 Å². The summed E-state index contributed by atoms with van der Waals surface area (Å²) in [6, 6.07) is 3.59. The molecular formula is C11H13N5O3. The first kappa shape index (κ1) is 12.9. The molecule has 2 aromatic heterocycles. The topological polar surface area (TPSA) is 92.0 Å². The first-order chi connectivity index (χ1) is 9.26. The van der Waals surface area contributed by atoms with E-state index in [1.165, 1.54) is 11.8 Å². The monoisotopic (exact) mass is 263 g/mol. The predicted octanol–water partition coefficient (Wildman–Crippen LogP) is 0.302. The summed E-state index contributed by atoms with van der Waals surface area (Å²) < 4.78 is 11.3. The minimum atomic E-state index is -0.560. The van der Waals surface area contributed by atoms with Crippen molar-refractivity contribution in [2.45, 2.75) is 13.5 Å². The third kappa shape index (κ3) is 2.84. The number of esters is 1. The lowest BCUT2D eigenvalue weighted by Crippen LogP contribution is -2.15. The zero-order valence-electron chi connectivity index (χ0n) is 10.6. The van der Waals surface area contributed by atoms with Gasteiger partial charge in [-0.05, 0) is 23.4 Å². The number of ether oxygens (including phenoxy) is 2. The van der Waals surface area contributed by atoms with Crippen molar-refractivity contribution in [1.29, 1.82) is 0 Å². The van der Waals surface area contributed by atoms with E-state index in [0.717, 1.165) is 5.56 Å². The molecule has 0 fully saturated rings. The molecule has 0 amide bonds. The van der Waals surface area contributed by atoms with E-state index in [2.05, 4.69) is 20.5 Å². The van der Waals surface area contributed by atoms with Crippen LogP contribution in [0.1, 0.15) is 23.1 Å². The molecule has 0 unspecified atom stereocenters. The summed E-state index contributed by atoms with van der Waals surface area (Å²) in [5, 5.41) is 10.9. The van der Waals surface area contributed by atoms with Gasteiger partial charge in [-0.1, -0.05) is 6.07 Å². The minimum absolute atomic E-state index is 0.0488. The van der Waals surface area contributed by atoms with Gasteiger partial charge in [0.15, 0.2) is 0 Å². The van der Waals surface area contributed by atoms with E-state index in [4.69, 9.17) is 9.47 Å². The second kappa shape index (κ2) is 5.89. The average molecular weight is 263 g/mol. The molecule has 2 rings (SSSR count). The first-order valence-corrected chi connectivity index (χ1v) is 5.67. The van der Waals surface area contributed by atoms with Gasteiger partial charge >= 0.3 is 5.97 Å². The van der Waals surface area contributed by atoms with Gasteiger partial charge in [0.1, 0.15) is 0 Å². The van der Waals surface area contributed by atoms with Crippen LogP contribution in [-0.2, 0) is 11.3 Å². The number of nitrogens with zero attached hydrogens (tertiary/aromatic N) is 5. The Morgan fingerprint density at radius 2 is 2.32 bits per heavy atom. The number of tetrazole rings is 1. The predicted molar refractivity (Wildman–Crippen MR) is 63.7 cm³/mol. The number of pyridine rings is 1. The second-order valence-electron chi connectivity index (χ2n) is 3.55. The van der Waals surface area contributed by atoms with Crippen molar-refractivity contribution in [2.75, 3.05) is 13.7 Å². The van der Waals surface area contributed by atoms with E-state index >= 15 is 0 Å². The second-order valence-corrected chi connectivity index (χ2v) is 3.55. The molecule has 0 aliphatic heterocycles. The highest BCUT2D eigenvalue weighted by molar-refractivity contribution is 5.85. The van der Waals surface area contributed by atoms with E-state index in [0.29, 0.717) is 5.88 Å². The SMILES string of the molecule is CCOC(=O)c1nnnn1Cc1cccnc1OC. The van der Waals surface area contributed by atoms with E-state index in [-0.39, 0.29) is 19.0 Å². The normalized spacial score (nSPS) is 10.2. The minimum Gasteiger partial charge on any atom is -0.481 e. The smallest absolute Gasteiger partial charge is 0.378 e. The molecule has 0 aliphatic rings. The molecule has 0 N–H and O–H groups in total. The Kier molecular flexibility index (Phi) is 4.01. The third-order valence-electron chi connectivity index (χ3n) is 2.35. The molecule has 0 bridgehead atoms. The van der Waals surface area contributed by atoms with E-state index in [1.54, 1.807) is 19.2 Å². The van der Waals surface area contributed by atoms with Gasteiger partial charge in [0.2, 0.25) is 5.88 Å². The van der Waals surface area contributed by atoms with Crippen LogP contribution in [0.25, 0.3) is 0 Å². The number of hydrogen-bond donors (Lipinski definition) is 0. The van der Waals surface area contributed by atoms with Crippen LogP contribution in [0, 0.1) is 0 Å². The van der Waals surface area contributed by atoms with Gasteiger partial charge in [0, 0.05) is 11.8 Å². The Labute approximate surface area is 109 Å². The number of carbonyl (C=O) groups excluding carboxylic acids is 1. The molecule has 0 atom stereocenters. The van der Waals surface area contributed by atoms with Crippen LogP contribution < -0.4 is 4.74 Å². The Hall–Kier alpha value is -2.51. The molecular weight excluding hydrogens is 250 g/mol. The zero-order valence-corrected chi connectivity index (χ0v) is 10.6. The van der Waals surface area contributed by atoms with Crippen molar-refractivity contribution in [2.24, 2.45) is 0 Å². The molecule has 8 heteroatoms. The number of aromatic nitrogens is 5. The summed E-state index contributed by atoms with van der Waals surface area (Å²) in [7, 11) is 1.53. The van der Waals surface area contributed by atoms with Crippen LogP contribution in [0.2, 0.25) is 0 Å². The molecule has 8 nitrogen and oxygen atoms in total. The van der Waals surface area contributed by atoms with Gasteiger partial charge in [-0.3, -0.25) is 0 Å². The lowest BCUT2D eigenvalue weighted by molar-refractivity contribution is 0.0505. The van der Waals surface area contributed by atoms with Crippen LogP contribution in [0.15, 0.2) is 18.3 Å². The maximum absolute atomic E-state index is 11.6. The van der Waals surface area contributed by atoms with Crippen molar-refractivity contribution in [3.8, 4) is 5.88 Å². The molecule has 2 aromatic rings. The summed E-state index contributed by atoms with van der Waals surface area (Å²) in [6.07, 6.45) is 1.62. The van der Waals surface area contributed by atoms with Crippen molar-refractivity contribution in [1.82, 2.24) is 25.2 Å². The molecule has 0 saturated heterocycles. The quantitative estimate of drug-likeness (QED) is 0.716. The van der Waals surface area contributed by atoms with Crippen molar-refractivity contribution in [3.63, 3.8) is 0 Å². The lowest BCUT2D eigenvalue weighted by Gasteiger charge is -2.07. The Bertz CT molecular complexity index is 569. The van der Waals surface area contributed by atoms with Crippen LogP contribution in [-0.4, -0.2) is 44.9 Å². The highest BCUT2D eigenvalue weighted by Crippen LogP contribution is 2.15. The molecule has 19 heavy (non-hydrogen) atoms. The van der Waals surface area contributed by atoms with Crippen molar-refractivity contribution >= 4 is 5.97 Å². The summed E-state index contributed by atoms with van der Waals surface area (Å²) >= 11 is 0. The standard InChI is InChI=1S/C11H13N5O3/c1-3-19-11(17)9-13-14-15-16(9)7-8-5-4-6-12-10(8)18-2/h4-6H,3,7H2,1-2H3. The Morgan fingerprint density at radius 1 is 1.47 bits per heavy atom. The number of hydrogen-bond acceptors (Lipinski definition) is 7. The fourth-order valence-corrected chi connectivity index (χ4v) is 1.54. The first-order valence-electron chi connectivity index (χ1n) is 5.67. The van der Waals surface area contributed by atoms with E-state index in [1.807, 2.05) is 6.07 Å². The van der Waals surface area contributed by atoms with E-state index in [9.17, 15) is 4.79 Å². The van der Waals surface area contributed by atoms with E-state index < -0.39 is 5.97 Å². The molecule has 0 aromatic carbocycles. The molecule has 0 spiro atoms. The Balaban J connectivity index is 2.24. The van der Waals surface area contributed by atoms with Crippen molar-refractivity contribution < 1.29 is 14.3 Å². The number of rotatable bonds is 5. The maximum Gasteiger partial charge on any atom is 0.378 e. The van der Waals surface area contributed by atoms with Gasteiger partial charge in [-0.2, -0.15) is 0 Å². The molecule has 2 heterocycles. The maximum atomic E-state index is 11.6. The largest absolute Gasteiger partial charge is 0.481 e. The molecule has 0 aliphatic carbocycles. The zero-order chi connectivity index (χ0) is 13.7. The van der Waals surface area contributed by atoms with Gasteiger partial charge in [0.05, 0.1) is 20.3 Å². The van der Waals surface area contributed by atoms with Gasteiger partial charge in [-0.25, -0.2) is 14.5 Å². The highest BCUT2D eigenvalue weighted by atomic mass is 16.5. The summed E-state index contributed by atoms with van der Waals surface area (Å²) in [4.78, 5) is 15.7. The van der Waals surface area contributed by atoms with Crippen LogP contribution in [0.5, 0.6) is 5.88 Å². The summed E-state index contributed by atoms with van der Waals surface area (Å²) in [6.45, 7) is 2.26. The molecule has 100 valence electrons. The molecule has 0 radical (unpaired) electrons. The third-order valence-corrected chi connectivity index (χ3v) is 2.35. The average Bonchev–Trinajstić information content (AvgIpc) is 2.88. The summed E-state index contributed by atoms with van der Waals surface area (Å²) in [5.41, 5.74) is 0.767. The van der Waals surface area contributed by atoms with Gasteiger partial charge in [0.25, 0.3) is 5.82 Å². The summed E-state index contributed by atoms with van der Waals surface area (Å²) in [5.74, 6) is -0.0454. The van der Waals surface area contributed by atoms with Crippen LogP contribution in [0.3, 0.4) is 0 Å². The molecule has 0 saturated carbocycles. The highest BCUT2D eigenvalue weighted by Gasteiger charge is 2.17. The fourth-order valence-electron chi connectivity index (χ4n) is 1.54. The Morgan fingerprint density at radius 3 is 3.05 bits per heavy atom. The van der Waals surface area contributed by atoms with Gasteiger partial charge < -0.3 is 9.47 Å². The number of carbonyl (C=O) groups is 1. The number of methoxy groups -OCH3 is 1. The van der Waals surface area contributed by atoms with Crippen molar-refractivity contribution in [3.05, 3.63) is 29.7 Å².